The van der Waals surface area contributed by atoms with E-state index in [0.29, 0.717) is 17.2 Å². The Morgan fingerprint density at radius 1 is 0.960 bits per heavy atom. The largest absolute Gasteiger partial charge is 0.493 e. The van der Waals surface area contributed by atoms with Crippen LogP contribution in [0, 0.1) is 0 Å². The normalized spacial score (nSPS) is 11.0. The number of carbonyl (C=O) groups is 1. The van der Waals surface area contributed by atoms with Gasteiger partial charge >= 0.3 is 0 Å². The van der Waals surface area contributed by atoms with Gasteiger partial charge in [0, 0.05) is 26.7 Å². The smallest absolute Gasteiger partial charge is 0.256 e. The van der Waals surface area contributed by atoms with Crippen molar-refractivity contribution in [3.8, 4) is 11.5 Å². The summed E-state index contributed by atoms with van der Waals surface area (Å²) >= 11 is 0. The minimum absolute atomic E-state index is 0.238. The summed E-state index contributed by atoms with van der Waals surface area (Å²) in [6.07, 6.45) is 0. The molecule has 132 valence electrons. The van der Waals surface area contributed by atoms with E-state index >= 15 is 0 Å². The zero-order chi connectivity index (χ0) is 18.4. The highest BCUT2D eigenvalue weighted by molar-refractivity contribution is 5.96. The van der Waals surface area contributed by atoms with E-state index in [4.69, 9.17) is 9.57 Å². The number of ether oxygens (including phenoxy) is 1. The number of carbonyl (C=O) groups excluding carboxylic acids is 1. The molecule has 25 heavy (non-hydrogen) atoms. The van der Waals surface area contributed by atoms with Crippen LogP contribution in [0.15, 0.2) is 53.5 Å². The summed E-state index contributed by atoms with van der Waals surface area (Å²) in [5.41, 5.74) is 1.59. The lowest BCUT2D eigenvalue weighted by atomic mass is 10.2. The molecule has 0 radical (unpaired) electrons. The zero-order valence-corrected chi connectivity index (χ0v) is 15.2. The van der Waals surface area contributed by atoms with Gasteiger partial charge in [-0.25, -0.2) is 0 Å². The number of nitrogens with zero attached hydrogens (tertiary/aromatic N) is 3. The molecule has 6 heteroatoms. The van der Waals surface area contributed by atoms with E-state index in [0.717, 1.165) is 11.5 Å². The number of hydrogen-bond acceptors (Lipinski definition) is 4. The quantitative estimate of drug-likeness (QED) is 0.474. The highest BCUT2D eigenvalue weighted by Gasteiger charge is 2.17. The molecule has 0 fully saturated rings. The van der Waals surface area contributed by atoms with E-state index in [1.165, 1.54) is 12.0 Å². The first-order chi connectivity index (χ1) is 12.0. The second kappa shape index (κ2) is 8.19. The van der Waals surface area contributed by atoms with Crippen LogP contribution in [0.3, 0.4) is 0 Å². The van der Waals surface area contributed by atoms with Gasteiger partial charge in [-0.15, -0.1) is 5.06 Å². The Balaban J connectivity index is 2.27. The van der Waals surface area contributed by atoms with Crippen LogP contribution < -0.4 is 19.5 Å². The molecule has 1 amide bonds. The van der Waals surface area contributed by atoms with Crippen molar-refractivity contribution in [3.05, 3.63) is 48.5 Å². The molecule has 0 spiro atoms. The monoisotopic (exact) mass is 341 g/mol. The molecule has 0 heterocycles. The molecule has 0 aliphatic carbocycles. The maximum absolute atomic E-state index is 12.1. The predicted molar refractivity (Wildman–Crippen MR) is 101 cm³/mol. The zero-order valence-electron chi connectivity index (χ0n) is 15.2. The molecule has 6 nitrogen and oxygen atoms in total. The third kappa shape index (κ3) is 4.29. The molecule has 2 aromatic rings. The first-order valence-electron chi connectivity index (χ1n) is 7.86. The van der Waals surface area contributed by atoms with Crippen molar-refractivity contribution in [2.24, 2.45) is 4.99 Å². The summed E-state index contributed by atoms with van der Waals surface area (Å²) in [5, 5.41) is 1.24. The summed E-state index contributed by atoms with van der Waals surface area (Å²) in [5.74, 6) is 1.68. The molecular formula is C19H23N3O3. The Labute approximate surface area is 148 Å². The van der Waals surface area contributed by atoms with Crippen LogP contribution in [0.25, 0.3) is 0 Å². The summed E-state index contributed by atoms with van der Waals surface area (Å²) in [6.45, 7) is 3.38. The van der Waals surface area contributed by atoms with Crippen LogP contribution in [0.4, 0.5) is 11.4 Å². The standard InChI is InChI=1S/C19H23N3O3/c1-14(20-3)21(4)16-10-12-17(13-11-16)22(15(2)23)25-19-9-7-6-8-18(19)24-5/h6-13H,1-5H3. The van der Waals surface area contributed by atoms with E-state index in [1.807, 2.05) is 55.3 Å². The van der Waals surface area contributed by atoms with Gasteiger partial charge in [0.05, 0.1) is 18.6 Å². The van der Waals surface area contributed by atoms with E-state index in [9.17, 15) is 4.79 Å². The molecule has 0 aliphatic heterocycles. The van der Waals surface area contributed by atoms with Crippen LogP contribution in [0.1, 0.15) is 13.8 Å². The van der Waals surface area contributed by atoms with Crippen molar-refractivity contribution in [1.82, 2.24) is 0 Å². The summed E-state index contributed by atoms with van der Waals surface area (Å²) in [6, 6.07) is 14.7. The average molecular weight is 341 g/mol. The third-order valence-corrected chi connectivity index (χ3v) is 3.83. The Morgan fingerprint density at radius 3 is 2.04 bits per heavy atom. The van der Waals surface area contributed by atoms with Gasteiger partial charge in [0.1, 0.15) is 0 Å². The van der Waals surface area contributed by atoms with E-state index in [2.05, 4.69) is 4.99 Å². The fourth-order valence-corrected chi connectivity index (χ4v) is 2.24. The van der Waals surface area contributed by atoms with Crippen molar-refractivity contribution in [2.75, 3.05) is 31.2 Å². The number of rotatable bonds is 5. The van der Waals surface area contributed by atoms with Crippen LogP contribution >= 0.6 is 0 Å². The number of amides is 1. The molecule has 2 rings (SSSR count). The minimum Gasteiger partial charge on any atom is -0.493 e. The molecule has 0 saturated heterocycles. The van der Waals surface area contributed by atoms with Gasteiger partial charge in [-0.3, -0.25) is 9.79 Å². The molecule has 0 bridgehead atoms. The molecule has 2 aromatic carbocycles. The number of hydrogen-bond donors (Lipinski definition) is 0. The Morgan fingerprint density at radius 2 is 1.52 bits per heavy atom. The lowest BCUT2D eigenvalue weighted by Gasteiger charge is -2.23. The minimum atomic E-state index is -0.238. The fourth-order valence-electron chi connectivity index (χ4n) is 2.24. The van der Waals surface area contributed by atoms with E-state index in [-0.39, 0.29) is 5.91 Å². The number of benzene rings is 2. The maximum atomic E-state index is 12.1. The fraction of sp³-hybridized carbons (Fsp3) is 0.263. The lowest BCUT2D eigenvalue weighted by molar-refractivity contribution is -0.120. The average Bonchev–Trinajstić information content (AvgIpc) is 2.65. The Kier molecular flexibility index (Phi) is 6.00. The first-order valence-corrected chi connectivity index (χ1v) is 7.86. The van der Waals surface area contributed by atoms with Crippen LogP contribution in [0.5, 0.6) is 11.5 Å². The SMILES string of the molecule is CN=C(C)N(C)c1ccc(N(Oc2ccccc2OC)C(C)=O)cc1. The number of aliphatic imine (C=N–C) groups is 1. The third-order valence-electron chi connectivity index (χ3n) is 3.83. The number of hydroxylamine groups is 1. The van der Waals surface area contributed by atoms with Crippen LogP contribution in [-0.4, -0.2) is 32.9 Å². The highest BCUT2D eigenvalue weighted by atomic mass is 16.7. The van der Waals surface area contributed by atoms with Crippen molar-refractivity contribution in [2.45, 2.75) is 13.8 Å². The molecule has 0 atom stereocenters. The number of anilines is 2. The van der Waals surface area contributed by atoms with Crippen molar-refractivity contribution < 1.29 is 14.4 Å². The Bertz CT molecular complexity index is 757. The second-order valence-electron chi connectivity index (χ2n) is 5.40. The Hall–Kier alpha value is -3.02. The maximum Gasteiger partial charge on any atom is 0.256 e. The van der Waals surface area contributed by atoms with Crippen molar-refractivity contribution in [1.29, 1.82) is 0 Å². The highest BCUT2D eigenvalue weighted by Crippen LogP contribution is 2.29. The number of amidine groups is 1. The summed E-state index contributed by atoms with van der Waals surface area (Å²) in [7, 11) is 5.24. The molecule has 0 saturated carbocycles. The summed E-state index contributed by atoms with van der Waals surface area (Å²) in [4.78, 5) is 24.0. The van der Waals surface area contributed by atoms with Gasteiger partial charge in [-0.05, 0) is 43.3 Å². The van der Waals surface area contributed by atoms with E-state index in [1.54, 1.807) is 26.3 Å². The topological polar surface area (TPSA) is 54.4 Å². The van der Waals surface area contributed by atoms with Gasteiger partial charge in [0.2, 0.25) is 0 Å². The molecule has 0 unspecified atom stereocenters. The predicted octanol–water partition coefficient (Wildman–Crippen LogP) is 3.53. The summed E-state index contributed by atoms with van der Waals surface area (Å²) < 4.78 is 5.27. The van der Waals surface area contributed by atoms with Crippen LogP contribution in [0.2, 0.25) is 0 Å². The van der Waals surface area contributed by atoms with Crippen molar-refractivity contribution >= 4 is 23.1 Å². The lowest BCUT2D eigenvalue weighted by Crippen LogP contribution is -2.32. The van der Waals surface area contributed by atoms with E-state index < -0.39 is 0 Å². The van der Waals surface area contributed by atoms with Gasteiger partial charge in [-0.2, -0.15) is 0 Å². The van der Waals surface area contributed by atoms with Gasteiger partial charge < -0.3 is 14.5 Å². The molecule has 0 aliphatic rings. The van der Waals surface area contributed by atoms with Gasteiger partial charge in [0.25, 0.3) is 5.91 Å². The molecule has 0 aromatic heterocycles. The second-order valence-corrected chi connectivity index (χ2v) is 5.40. The molecule has 0 N–H and O–H groups in total. The number of methoxy groups -OCH3 is 1. The molecular weight excluding hydrogens is 318 g/mol. The van der Waals surface area contributed by atoms with Gasteiger partial charge in [0.15, 0.2) is 11.5 Å². The van der Waals surface area contributed by atoms with Crippen molar-refractivity contribution in [3.63, 3.8) is 0 Å². The van der Waals surface area contributed by atoms with Crippen LogP contribution in [-0.2, 0) is 4.79 Å². The first kappa shape index (κ1) is 18.3. The van der Waals surface area contributed by atoms with Gasteiger partial charge in [-0.1, -0.05) is 12.1 Å². The number of para-hydroxylation sites is 2.